The number of ether oxygens (including phenoxy) is 2. The number of nitrogens with zero attached hydrogens (tertiary/aromatic N) is 2. The lowest BCUT2D eigenvalue weighted by atomic mass is 10.1. The van der Waals surface area contributed by atoms with Crippen molar-refractivity contribution in [2.75, 3.05) is 51.0 Å². The van der Waals surface area contributed by atoms with E-state index in [1.165, 1.54) is 5.56 Å². The largest absolute Gasteiger partial charge is 0.454 e. The molecule has 0 radical (unpaired) electrons. The van der Waals surface area contributed by atoms with Crippen molar-refractivity contribution in [1.82, 2.24) is 15.1 Å². The Balaban J connectivity index is 1.21. The monoisotopic (exact) mass is 395 g/mol. The van der Waals surface area contributed by atoms with Crippen molar-refractivity contribution in [2.24, 2.45) is 0 Å². The van der Waals surface area contributed by atoms with Gasteiger partial charge in [-0.25, -0.2) is 8.42 Å². The van der Waals surface area contributed by atoms with Crippen LogP contribution in [0, 0.1) is 0 Å². The van der Waals surface area contributed by atoms with E-state index in [9.17, 15) is 13.2 Å². The van der Waals surface area contributed by atoms with Gasteiger partial charge in [-0.1, -0.05) is 6.07 Å². The molecule has 3 aliphatic heterocycles. The van der Waals surface area contributed by atoms with Gasteiger partial charge in [0.1, 0.15) is 0 Å². The lowest BCUT2D eigenvalue weighted by Crippen LogP contribution is -2.51. The summed E-state index contributed by atoms with van der Waals surface area (Å²) in [7, 11) is -2.92. The van der Waals surface area contributed by atoms with Crippen LogP contribution in [0.2, 0.25) is 0 Å². The predicted octanol–water partition coefficient (Wildman–Crippen LogP) is -0.164. The van der Waals surface area contributed by atoms with Crippen molar-refractivity contribution in [3.8, 4) is 11.5 Å². The van der Waals surface area contributed by atoms with Crippen molar-refractivity contribution in [2.45, 2.75) is 19.0 Å². The Kier molecular flexibility index (Phi) is 5.25. The van der Waals surface area contributed by atoms with Gasteiger partial charge in [-0.15, -0.1) is 0 Å². The van der Waals surface area contributed by atoms with E-state index in [-0.39, 0.29) is 36.8 Å². The van der Waals surface area contributed by atoms with E-state index in [0.29, 0.717) is 19.5 Å². The van der Waals surface area contributed by atoms with Gasteiger partial charge in [-0.3, -0.25) is 9.69 Å². The number of sulfone groups is 1. The summed E-state index contributed by atoms with van der Waals surface area (Å²) in [6.45, 7) is 4.32. The number of rotatable bonds is 5. The number of piperazine rings is 1. The summed E-state index contributed by atoms with van der Waals surface area (Å²) < 4.78 is 33.7. The zero-order valence-electron chi connectivity index (χ0n) is 15.2. The predicted molar refractivity (Wildman–Crippen MR) is 99.5 cm³/mol. The normalized spacial score (nSPS) is 24.3. The molecule has 4 rings (SSSR count). The molecule has 2 saturated heterocycles. The van der Waals surface area contributed by atoms with E-state index < -0.39 is 9.84 Å². The Morgan fingerprint density at radius 3 is 2.67 bits per heavy atom. The Morgan fingerprint density at radius 1 is 1.15 bits per heavy atom. The van der Waals surface area contributed by atoms with Crippen LogP contribution in [-0.4, -0.2) is 81.2 Å². The van der Waals surface area contributed by atoms with Crippen LogP contribution in [0.1, 0.15) is 12.0 Å². The molecular weight excluding hydrogens is 370 g/mol. The number of fused-ring (bicyclic) bond motifs is 1. The lowest BCUT2D eigenvalue weighted by molar-refractivity contribution is -0.132. The van der Waals surface area contributed by atoms with Crippen LogP contribution in [0.15, 0.2) is 18.2 Å². The SMILES string of the molecule is O=C(CNC1CCS(=O)(=O)C1)N1CCN(Cc2ccc3c(c2)OCO3)CC1. The van der Waals surface area contributed by atoms with E-state index >= 15 is 0 Å². The average Bonchev–Trinajstić information content (AvgIpc) is 3.25. The van der Waals surface area contributed by atoms with E-state index in [1.807, 2.05) is 23.1 Å². The number of carbonyl (C=O) groups is 1. The number of carbonyl (C=O) groups excluding carboxylic acids is 1. The highest BCUT2D eigenvalue weighted by molar-refractivity contribution is 7.91. The van der Waals surface area contributed by atoms with Crippen molar-refractivity contribution < 1.29 is 22.7 Å². The van der Waals surface area contributed by atoms with Gasteiger partial charge >= 0.3 is 0 Å². The van der Waals surface area contributed by atoms with Gasteiger partial charge in [0.15, 0.2) is 21.3 Å². The molecule has 2 fully saturated rings. The fourth-order valence-corrected chi connectivity index (χ4v) is 5.46. The number of nitrogens with one attached hydrogen (secondary N) is 1. The Bertz CT molecular complexity index is 805. The summed E-state index contributed by atoms with van der Waals surface area (Å²) in [5, 5.41) is 3.10. The number of hydrogen-bond acceptors (Lipinski definition) is 7. The molecule has 1 atom stereocenters. The smallest absolute Gasteiger partial charge is 0.236 e. The summed E-state index contributed by atoms with van der Waals surface area (Å²) in [4.78, 5) is 16.5. The number of benzene rings is 1. The second-order valence-electron chi connectivity index (χ2n) is 7.33. The molecular formula is C18H25N3O5S. The number of amides is 1. The Labute approximate surface area is 159 Å². The summed E-state index contributed by atoms with van der Waals surface area (Å²) >= 11 is 0. The zero-order chi connectivity index (χ0) is 18.9. The molecule has 0 aliphatic carbocycles. The van der Waals surface area contributed by atoms with Crippen LogP contribution in [0.5, 0.6) is 11.5 Å². The maximum Gasteiger partial charge on any atom is 0.236 e. The van der Waals surface area contributed by atoms with Gasteiger partial charge in [-0.05, 0) is 24.1 Å². The van der Waals surface area contributed by atoms with E-state index in [1.54, 1.807) is 0 Å². The first kappa shape index (κ1) is 18.5. The second-order valence-corrected chi connectivity index (χ2v) is 9.55. The molecule has 0 spiro atoms. The molecule has 1 aromatic carbocycles. The van der Waals surface area contributed by atoms with Gasteiger partial charge in [0.05, 0.1) is 18.1 Å². The third-order valence-corrected chi connectivity index (χ3v) is 7.11. The van der Waals surface area contributed by atoms with Gasteiger partial charge in [0.2, 0.25) is 12.7 Å². The van der Waals surface area contributed by atoms with Crippen molar-refractivity contribution >= 4 is 15.7 Å². The molecule has 148 valence electrons. The molecule has 1 amide bonds. The van der Waals surface area contributed by atoms with Gasteiger partial charge < -0.3 is 19.7 Å². The van der Waals surface area contributed by atoms with Crippen LogP contribution in [0.4, 0.5) is 0 Å². The standard InChI is InChI=1S/C18H25N3O5S/c22-18(10-19-15-3-8-27(23,24)12-15)21-6-4-20(5-7-21)11-14-1-2-16-17(9-14)26-13-25-16/h1-2,9,15,19H,3-8,10-13H2. The summed E-state index contributed by atoms with van der Waals surface area (Å²) in [6.07, 6.45) is 0.596. The number of hydrogen-bond donors (Lipinski definition) is 1. The summed E-state index contributed by atoms with van der Waals surface area (Å²) in [5.74, 6) is 1.99. The minimum absolute atomic E-state index is 0.0435. The molecule has 0 bridgehead atoms. The van der Waals surface area contributed by atoms with E-state index in [0.717, 1.165) is 31.1 Å². The quantitative estimate of drug-likeness (QED) is 0.741. The average molecular weight is 395 g/mol. The molecule has 0 saturated carbocycles. The Morgan fingerprint density at radius 2 is 1.93 bits per heavy atom. The lowest BCUT2D eigenvalue weighted by Gasteiger charge is -2.35. The van der Waals surface area contributed by atoms with Crippen molar-refractivity contribution in [3.05, 3.63) is 23.8 Å². The van der Waals surface area contributed by atoms with Gasteiger partial charge in [0, 0.05) is 38.8 Å². The minimum atomic E-state index is -2.92. The van der Waals surface area contributed by atoms with E-state index in [4.69, 9.17) is 9.47 Å². The van der Waals surface area contributed by atoms with Crippen LogP contribution in [0.3, 0.4) is 0 Å². The summed E-state index contributed by atoms with van der Waals surface area (Å²) in [5.41, 5.74) is 1.17. The molecule has 27 heavy (non-hydrogen) atoms. The highest BCUT2D eigenvalue weighted by Gasteiger charge is 2.29. The van der Waals surface area contributed by atoms with Crippen LogP contribution < -0.4 is 14.8 Å². The molecule has 1 aromatic rings. The maximum absolute atomic E-state index is 12.4. The fourth-order valence-electron chi connectivity index (χ4n) is 3.75. The fraction of sp³-hybridized carbons (Fsp3) is 0.611. The first-order valence-electron chi connectivity index (χ1n) is 9.31. The third kappa shape index (κ3) is 4.53. The highest BCUT2D eigenvalue weighted by atomic mass is 32.2. The van der Waals surface area contributed by atoms with Crippen LogP contribution in [-0.2, 0) is 21.2 Å². The molecule has 3 heterocycles. The first-order valence-corrected chi connectivity index (χ1v) is 11.1. The molecule has 1 unspecified atom stereocenters. The minimum Gasteiger partial charge on any atom is -0.454 e. The third-order valence-electron chi connectivity index (χ3n) is 5.34. The first-order chi connectivity index (χ1) is 13.0. The van der Waals surface area contributed by atoms with Crippen LogP contribution >= 0.6 is 0 Å². The molecule has 1 N–H and O–H groups in total. The van der Waals surface area contributed by atoms with Gasteiger partial charge in [-0.2, -0.15) is 0 Å². The highest BCUT2D eigenvalue weighted by Crippen LogP contribution is 2.32. The zero-order valence-corrected chi connectivity index (χ0v) is 16.0. The van der Waals surface area contributed by atoms with Crippen molar-refractivity contribution in [1.29, 1.82) is 0 Å². The molecule has 8 nitrogen and oxygen atoms in total. The second kappa shape index (κ2) is 7.65. The molecule has 9 heteroatoms. The topological polar surface area (TPSA) is 88.2 Å². The maximum atomic E-state index is 12.4. The molecule has 0 aromatic heterocycles. The molecule has 3 aliphatic rings. The summed E-state index contributed by atoms with van der Waals surface area (Å²) in [6, 6.07) is 5.90. The Hall–Kier alpha value is -1.84. The van der Waals surface area contributed by atoms with E-state index in [2.05, 4.69) is 10.2 Å². The van der Waals surface area contributed by atoms with Crippen molar-refractivity contribution in [3.63, 3.8) is 0 Å². The van der Waals surface area contributed by atoms with Gasteiger partial charge in [0.25, 0.3) is 0 Å². The van der Waals surface area contributed by atoms with Crippen LogP contribution in [0.25, 0.3) is 0 Å².